The number of carbonyl (C=O) groups is 2. The van der Waals surface area contributed by atoms with E-state index in [0.29, 0.717) is 32.5 Å². The minimum Gasteiger partial charge on any atom is -0.480 e. The summed E-state index contributed by atoms with van der Waals surface area (Å²) in [5.41, 5.74) is 1.09. The van der Waals surface area contributed by atoms with Crippen molar-refractivity contribution in [3.8, 4) is 0 Å². The van der Waals surface area contributed by atoms with Crippen LogP contribution < -0.4 is 0 Å². The third-order valence-electron chi connectivity index (χ3n) is 5.13. The van der Waals surface area contributed by atoms with Gasteiger partial charge < -0.3 is 14.7 Å². The van der Waals surface area contributed by atoms with E-state index in [1.807, 2.05) is 25.4 Å². The van der Waals surface area contributed by atoms with Gasteiger partial charge in [0.25, 0.3) is 5.91 Å². The lowest BCUT2D eigenvalue weighted by Gasteiger charge is -2.41. The third kappa shape index (κ3) is 4.16. The number of carbonyl (C=O) groups excluding carboxylic acids is 1. The third-order valence-corrected chi connectivity index (χ3v) is 5.13. The van der Waals surface area contributed by atoms with Crippen LogP contribution in [0.4, 0.5) is 0 Å². The van der Waals surface area contributed by atoms with E-state index in [1.165, 1.54) is 4.90 Å². The van der Waals surface area contributed by atoms with E-state index in [-0.39, 0.29) is 11.9 Å². The van der Waals surface area contributed by atoms with Crippen LogP contribution in [0, 0.1) is 0 Å². The maximum atomic E-state index is 12.6. The molecule has 2 saturated heterocycles. The second kappa shape index (κ2) is 7.93. The molecule has 2 fully saturated rings. The number of aliphatic carboxylic acids is 1. The molecule has 3 atom stereocenters. The van der Waals surface area contributed by atoms with Gasteiger partial charge in [-0.25, -0.2) is 4.79 Å². The Morgan fingerprint density at radius 3 is 2.92 bits per heavy atom. The first-order valence-corrected chi connectivity index (χ1v) is 8.80. The average Bonchev–Trinajstić information content (AvgIpc) is 3.16. The summed E-state index contributed by atoms with van der Waals surface area (Å²) in [6.45, 7) is 1.75. The number of carboxylic acid groups (broad SMARTS) is 1. The highest BCUT2D eigenvalue weighted by Crippen LogP contribution is 2.25. The standard InChI is InChI=1S/C18H25N3O4/c1-20(12-13-4-2-7-19-11-13)14-6-8-21(15(10-14)18(23)24)17(22)16-5-3-9-25-16/h2,4,7,11,14-16H,3,5-6,8-10,12H2,1H3,(H,23,24)/t14?,15?,16-/m1/s1. The van der Waals surface area contributed by atoms with Gasteiger partial charge in [-0.1, -0.05) is 6.07 Å². The highest BCUT2D eigenvalue weighted by molar-refractivity contribution is 5.86. The number of ether oxygens (including phenoxy) is 1. The molecule has 2 aliphatic heterocycles. The normalized spacial score (nSPS) is 26.8. The predicted molar refractivity (Wildman–Crippen MR) is 90.8 cm³/mol. The first-order valence-electron chi connectivity index (χ1n) is 8.80. The van der Waals surface area contributed by atoms with Gasteiger partial charge in [-0.05, 0) is 44.4 Å². The monoisotopic (exact) mass is 347 g/mol. The highest BCUT2D eigenvalue weighted by atomic mass is 16.5. The number of piperidine rings is 1. The molecule has 0 aliphatic carbocycles. The second-order valence-corrected chi connectivity index (χ2v) is 6.84. The van der Waals surface area contributed by atoms with Crippen LogP contribution in [0.15, 0.2) is 24.5 Å². The molecular formula is C18H25N3O4. The van der Waals surface area contributed by atoms with E-state index in [9.17, 15) is 14.7 Å². The van der Waals surface area contributed by atoms with E-state index in [0.717, 1.165) is 18.4 Å². The fourth-order valence-corrected chi connectivity index (χ4v) is 3.71. The lowest BCUT2D eigenvalue weighted by molar-refractivity contribution is -0.158. The Morgan fingerprint density at radius 2 is 2.28 bits per heavy atom. The summed E-state index contributed by atoms with van der Waals surface area (Å²) in [7, 11) is 1.99. The van der Waals surface area contributed by atoms with Crippen molar-refractivity contribution in [3.05, 3.63) is 30.1 Å². The van der Waals surface area contributed by atoms with Crippen LogP contribution in [-0.2, 0) is 20.9 Å². The smallest absolute Gasteiger partial charge is 0.326 e. The van der Waals surface area contributed by atoms with Gasteiger partial charge in [0.15, 0.2) is 0 Å². The van der Waals surface area contributed by atoms with E-state index >= 15 is 0 Å². The molecular weight excluding hydrogens is 322 g/mol. The van der Waals surface area contributed by atoms with Gasteiger partial charge in [-0.15, -0.1) is 0 Å². The van der Waals surface area contributed by atoms with Crippen molar-refractivity contribution in [2.24, 2.45) is 0 Å². The topological polar surface area (TPSA) is 83.0 Å². The summed E-state index contributed by atoms with van der Waals surface area (Å²) in [5, 5.41) is 9.63. The fraction of sp³-hybridized carbons (Fsp3) is 0.611. The van der Waals surface area contributed by atoms with Crippen LogP contribution in [0.25, 0.3) is 0 Å². The minimum absolute atomic E-state index is 0.120. The molecule has 0 spiro atoms. The molecule has 7 nitrogen and oxygen atoms in total. The van der Waals surface area contributed by atoms with Crippen LogP contribution >= 0.6 is 0 Å². The molecule has 25 heavy (non-hydrogen) atoms. The first kappa shape index (κ1) is 17.8. The predicted octanol–water partition coefficient (Wildman–Crippen LogP) is 1.14. The molecule has 2 unspecified atom stereocenters. The zero-order chi connectivity index (χ0) is 17.8. The Balaban J connectivity index is 1.64. The number of rotatable bonds is 5. The van der Waals surface area contributed by atoms with Crippen LogP contribution in [0.2, 0.25) is 0 Å². The Bertz CT molecular complexity index is 604. The maximum absolute atomic E-state index is 12.6. The van der Waals surface area contributed by atoms with Crippen LogP contribution in [0.1, 0.15) is 31.2 Å². The van der Waals surface area contributed by atoms with E-state index < -0.39 is 18.1 Å². The maximum Gasteiger partial charge on any atom is 0.326 e. The molecule has 1 N–H and O–H groups in total. The summed E-state index contributed by atoms with van der Waals surface area (Å²) < 4.78 is 5.45. The van der Waals surface area contributed by atoms with Gasteiger partial charge in [0.1, 0.15) is 12.1 Å². The number of pyridine rings is 1. The lowest BCUT2D eigenvalue weighted by Crippen LogP contribution is -2.56. The van der Waals surface area contributed by atoms with Crippen molar-refractivity contribution in [1.29, 1.82) is 0 Å². The van der Waals surface area contributed by atoms with Gasteiger partial charge in [0.2, 0.25) is 0 Å². The van der Waals surface area contributed by atoms with E-state index in [4.69, 9.17) is 4.74 Å². The SMILES string of the molecule is CN(Cc1cccnc1)C1CCN(C(=O)[C@H]2CCCO2)C(C(=O)O)C1. The average molecular weight is 347 g/mol. The summed E-state index contributed by atoms with van der Waals surface area (Å²) in [4.78, 5) is 32.1. The van der Waals surface area contributed by atoms with Crippen LogP contribution in [0.3, 0.4) is 0 Å². The second-order valence-electron chi connectivity index (χ2n) is 6.84. The number of nitrogens with zero attached hydrogens (tertiary/aromatic N) is 3. The number of carboxylic acids is 1. The molecule has 1 aromatic heterocycles. The van der Waals surface area contributed by atoms with Gasteiger partial charge in [-0.2, -0.15) is 0 Å². The number of hydrogen-bond donors (Lipinski definition) is 1. The van der Waals surface area contributed by atoms with Crippen molar-refractivity contribution < 1.29 is 19.4 Å². The fourth-order valence-electron chi connectivity index (χ4n) is 3.71. The Labute approximate surface area is 147 Å². The van der Waals surface area contributed by atoms with Gasteiger partial charge in [-0.3, -0.25) is 14.7 Å². The number of hydrogen-bond acceptors (Lipinski definition) is 5. The Kier molecular flexibility index (Phi) is 5.65. The molecule has 0 bridgehead atoms. The molecule has 136 valence electrons. The molecule has 1 aromatic rings. The molecule has 1 amide bonds. The number of likely N-dealkylation sites (tertiary alicyclic amines) is 1. The Morgan fingerprint density at radius 1 is 1.44 bits per heavy atom. The van der Waals surface area contributed by atoms with E-state index in [2.05, 4.69) is 9.88 Å². The van der Waals surface area contributed by atoms with Crippen molar-refractivity contribution in [2.45, 2.75) is 50.4 Å². The zero-order valence-electron chi connectivity index (χ0n) is 14.5. The summed E-state index contributed by atoms with van der Waals surface area (Å²) >= 11 is 0. The molecule has 0 saturated carbocycles. The van der Waals surface area contributed by atoms with Crippen LogP contribution in [0.5, 0.6) is 0 Å². The quantitative estimate of drug-likeness (QED) is 0.860. The van der Waals surface area contributed by atoms with Crippen molar-refractivity contribution in [1.82, 2.24) is 14.8 Å². The molecule has 3 rings (SSSR count). The molecule has 3 heterocycles. The van der Waals surface area contributed by atoms with Crippen molar-refractivity contribution in [3.63, 3.8) is 0 Å². The van der Waals surface area contributed by atoms with Gasteiger partial charge >= 0.3 is 5.97 Å². The van der Waals surface area contributed by atoms with Crippen molar-refractivity contribution in [2.75, 3.05) is 20.2 Å². The molecule has 0 radical (unpaired) electrons. The van der Waals surface area contributed by atoms with Crippen LogP contribution in [-0.4, -0.2) is 70.2 Å². The van der Waals surface area contributed by atoms with Gasteiger partial charge in [0.05, 0.1) is 0 Å². The molecule has 7 heteroatoms. The summed E-state index contributed by atoms with van der Waals surface area (Å²) in [6.07, 6.45) is 5.83. The highest BCUT2D eigenvalue weighted by Gasteiger charge is 2.40. The summed E-state index contributed by atoms with van der Waals surface area (Å²) in [6, 6.07) is 3.24. The van der Waals surface area contributed by atoms with E-state index in [1.54, 1.807) is 6.20 Å². The molecule has 0 aromatic carbocycles. The Hall–Kier alpha value is -1.99. The largest absolute Gasteiger partial charge is 0.480 e. The minimum atomic E-state index is -0.939. The number of amides is 1. The van der Waals surface area contributed by atoms with Crippen molar-refractivity contribution >= 4 is 11.9 Å². The first-order chi connectivity index (χ1) is 12.1. The number of aromatic nitrogens is 1. The lowest BCUT2D eigenvalue weighted by atomic mass is 9.95. The van der Waals surface area contributed by atoms with Gasteiger partial charge in [0, 0.05) is 38.1 Å². The summed E-state index contributed by atoms with van der Waals surface area (Å²) in [5.74, 6) is -1.11. The molecule has 2 aliphatic rings. The zero-order valence-corrected chi connectivity index (χ0v) is 14.5.